The van der Waals surface area contributed by atoms with E-state index in [0.29, 0.717) is 23.4 Å². The van der Waals surface area contributed by atoms with Gasteiger partial charge in [0.05, 0.1) is 17.2 Å². The van der Waals surface area contributed by atoms with E-state index in [1.54, 1.807) is 18.2 Å². The Labute approximate surface area is 110 Å². The third kappa shape index (κ3) is 2.74. The zero-order valence-corrected chi connectivity index (χ0v) is 10.4. The number of aliphatic carboxylic acids is 1. The third-order valence-electron chi connectivity index (χ3n) is 3.24. The van der Waals surface area contributed by atoms with Gasteiger partial charge in [-0.05, 0) is 37.5 Å². The number of carboxylic acids is 1. The molecular formula is C13H13ClN2O2. The van der Waals surface area contributed by atoms with Crippen molar-refractivity contribution in [3.8, 4) is 6.07 Å². The Morgan fingerprint density at radius 3 is 2.89 bits per heavy atom. The average molecular weight is 265 g/mol. The van der Waals surface area contributed by atoms with Crippen molar-refractivity contribution >= 4 is 23.3 Å². The van der Waals surface area contributed by atoms with Gasteiger partial charge in [0.25, 0.3) is 0 Å². The molecule has 2 rings (SSSR count). The fourth-order valence-electron chi connectivity index (χ4n) is 2.29. The Kier molecular flexibility index (Phi) is 3.73. The summed E-state index contributed by atoms with van der Waals surface area (Å²) in [5.74, 6) is -1.02. The van der Waals surface area contributed by atoms with Crippen LogP contribution in [0.3, 0.4) is 0 Å². The molecule has 0 unspecified atom stereocenters. The van der Waals surface area contributed by atoms with E-state index in [1.165, 1.54) is 0 Å². The molecule has 18 heavy (non-hydrogen) atoms. The number of carbonyl (C=O) groups is 1. The number of halogens is 1. The summed E-state index contributed by atoms with van der Waals surface area (Å²) in [5.41, 5.74) is 1.21. The molecule has 4 nitrogen and oxygen atoms in total. The number of benzene rings is 1. The van der Waals surface area contributed by atoms with E-state index >= 15 is 0 Å². The lowest BCUT2D eigenvalue weighted by molar-refractivity contribution is -0.141. The van der Waals surface area contributed by atoms with Crippen LogP contribution in [0, 0.1) is 17.2 Å². The number of hydrogen-bond donors (Lipinski definition) is 2. The van der Waals surface area contributed by atoms with Gasteiger partial charge in [0, 0.05) is 11.1 Å². The SMILES string of the molecule is N#Cc1cc(Cl)ccc1N[C@H]1CC[C@@H](C(=O)O)C1. The van der Waals surface area contributed by atoms with E-state index < -0.39 is 5.97 Å². The minimum Gasteiger partial charge on any atom is -0.481 e. The molecule has 0 saturated heterocycles. The van der Waals surface area contributed by atoms with Gasteiger partial charge in [0.15, 0.2) is 0 Å². The number of nitrogens with one attached hydrogen (secondary N) is 1. The van der Waals surface area contributed by atoms with Crippen LogP contribution in [-0.2, 0) is 4.79 Å². The zero-order valence-electron chi connectivity index (χ0n) is 9.69. The topological polar surface area (TPSA) is 73.1 Å². The predicted octanol–water partition coefficient (Wildman–Crippen LogP) is 2.88. The quantitative estimate of drug-likeness (QED) is 0.880. The van der Waals surface area contributed by atoms with Gasteiger partial charge in [0.1, 0.15) is 6.07 Å². The normalized spacial score (nSPS) is 22.4. The third-order valence-corrected chi connectivity index (χ3v) is 3.48. The van der Waals surface area contributed by atoms with Crippen LogP contribution in [0.2, 0.25) is 5.02 Å². The highest BCUT2D eigenvalue weighted by atomic mass is 35.5. The predicted molar refractivity (Wildman–Crippen MR) is 68.6 cm³/mol. The van der Waals surface area contributed by atoms with Gasteiger partial charge in [-0.1, -0.05) is 11.6 Å². The molecule has 94 valence electrons. The average Bonchev–Trinajstić information content (AvgIpc) is 2.80. The lowest BCUT2D eigenvalue weighted by Crippen LogP contribution is -2.18. The molecule has 0 spiro atoms. The fourth-order valence-corrected chi connectivity index (χ4v) is 2.46. The first-order valence-corrected chi connectivity index (χ1v) is 6.17. The first kappa shape index (κ1) is 12.7. The molecule has 1 aliphatic rings. The van der Waals surface area contributed by atoms with Crippen LogP contribution in [-0.4, -0.2) is 17.1 Å². The van der Waals surface area contributed by atoms with Crippen molar-refractivity contribution in [2.24, 2.45) is 5.92 Å². The highest BCUT2D eigenvalue weighted by Crippen LogP contribution is 2.29. The smallest absolute Gasteiger partial charge is 0.306 e. The Morgan fingerprint density at radius 1 is 1.50 bits per heavy atom. The molecule has 0 amide bonds. The van der Waals surface area contributed by atoms with Gasteiger partial charge in [-0.25, -0.2) is 0 Å². The summed E-state index contributed by atoms with van der Waals surface area (Å²) in [6.07, 6.45) is 2.09. The molecule has 5 heteroatoms. The van der Waals surface area contributed by atoms with Crippen LogP contribution in [0.4, 0.5) is 5.69 Å². The Balaban J connectivity index is 2.07. The van der Waals surface area contributed by atoms with Crippen LogP contribution in [0.5, 0.6) is 0 Å². The second-order valence-electron chi connectivity index (χ2n) is 4.49. The molecular weight excluding hydrogens is 252 g/mol. The zero-order chi connectivity index (χ0) is 13.1. The number of anilines is 1. The molecule has 1 fully saturated rings. The van der Waals surface area contributed by atoms with Crippen LogP contribution >= 0.6 is 11.6 Å². The molecule has 2 N–H and O–H groups in total. The summed E-state index contributed by atoms with van der Waals surface area (Å²) in [6, 6.07) is 7.27. The van der Waals surface area contributed by atoms with Crippen molar-refractivity contribution in [2.45, 2.75) is 25.3 Å². The van der Waals surface area contributed by atoms with Gasteiger partial charge < -0.3 is 10.4 Å². The maximum absolute atomic E-state index is 10.9. The minimum absolute atomic E-state index is 0.111. The summed E-state index contributed by atoms with van der Waals surface area (Å²) in [5, 5.41) is 21.7. The van der Waals surface area contributed by atoms with Gasteiger partial charge in [-0.2, -0.15) is 5.26 Å². The van der Waals surface area contributed by atoms with Gasteiger partial charge in [0.2, 0.25) is 0 Å². The minimum atomic E-state index is -0.740. The molecule has 1 aliphatic carbocycles. The summed E-state index contributed by atoms with van der Waals surface area (Å²) in [4.78, 5) is 10.9. The van der Waals surface area contributed by atoms with Crippen molar-refractivity contribution in [1.29, 1.82) is 5.26 Å². The van der Waals surface area contributed by atoms with E-state index in [1.807, 2.05) is 0 Å². The number of nitriles is 1. The van der Waals surface area contributed by atoms with Crippen LogP contribution in [0.25, 0.3) is 0 Å². The van der Waals surface area contributed by atoms with Crippen molar-refractivity contribution in [2.75, 3.05) is 5.32 Å². The van der Waals surface area contributed by atoms with Crippen molar-refractivity contribution < 1.29 is 9.90 Å². The number of carboxylic acid groups (broad SMARTS) is 1. The van der Waals surface area contributed by atoms with Crippen LogP contribution in [0.15, 0.2) is 18.2 Å². The molecule has 0 radical (unpaired) electrons. The Morgan fingerprint density at radius 2 is 2.28 bits per heavy atom. The summed E-state index contributed by atoms with van der Waals surface area (Å²) >= 11 is 5.82. The lowest BCUT2D eigenvalue weighted by atomic mass is 10.1. The molecule has 0 heterocycles. The van der Waals surface area contributed by atoms with Gasteiger partial charge >= 0.3 is 5.97 Å². The molecule has 0 bridgehead atoms. The first-order chi connectivity index (χ1) is 8.60. The maximum atomic E-state index is 10.9. The fraction of sp³-hybridized carbons (Fsp3) is 0.385. The van der Waals surface area contributed by atoms with Gasteiger partial charge in [-0.3, -0.25) is 4.79 Å². The van der Waals surface area contributed by atoms with E-state index in [9.17, 15) is 4.79 Å². The van der Waals surface area contributed by atoms with Crippen LogP contribution < -0.4 is 5.32 Å². The Hall–Kier alpha value is -1.73. The Bertz CT molecular complexity index is 510. The van der Waals surface area contributed by atoms with Crippen molar-refractivity contribution in [3.63, 3.8) is 0 Å². The highest BCUT2D eigenvalue weighted by Gasteiger charge is 2.29. The molecule has 0 aliphatic heterocycles. The first-order valence-electron chi connectivity index (χ1n) is 5.79. The summed E-state index contributed by atoms with van der Waals surface area (Å²) in [6.45, 7) is 0. The van der Waals surface area contributed by atoms with E-state index in [0.717, 1.165) is 12.1 Å². The van der Waals surface area contributed by atoms with Crippen LogP contribution in [0.1, 0.15) is 24.8 Å². The van der Waals surface area contributed by atoms with Gasteiger partial charge in [-0.15, -0.1) is 0 Å². The largest absolute Gasteiger partial charge is 0.481 e. The summed E-state index contributed by atoms with van der Waals surface area (Å²) in [7, 11) is 0. The molecule has 0 aromatic heterocycles. The van der Waals surface area contributed by atoms with Crippen molar-refractivity contribution in [3.05, 3.63) is 28.8 Å². The second-order valence-corrected chi connectivity index (χ2v) is 4.93. The molecule has 1 aromatic carbocycles. The maximum Gasteiger partial charge on any atom is 0.306 e. The highest BCUT2D eigenvalue weighted by molar-refractivity contribution is 6.30. The van der Waals surface area contributed by atoms with E-state index in [4.69, 9.17) is 22.0 Å². The van der Waals surface area contributed by atoms with E-state index in [2.05, 4.69) is 11.4 Å². The monoisotopic (exact) mass is 264 g/mol. The number of nitrogens with zero attached hydrogens (tertiary/aromatic N) is 1. The standard InChI is InChI=1S/C13H13ClN2O2/c14-10-2-4-12(9(5-10)7-15)16-11-3-1-8(6-11)13(17)18/h2,4-5,8,11,16H,1,3,6H2,(H,17,18)/t8-,11+/m1/s1. The van der Waals surface area contributed by atoms with E-state index in [-0.39, 0.29) is 12.0 Å². The second kappa shape index (κ2) is 5.28. The molecule has 1 aromatic rings. The number of hydrogen-bond acceptors (Lipinski definition) is 3. The molecule has 2 atom stereocenters. The van der Waals surface area contributed by atoms with Crippen molar-refractivity contribution in [1.82, 2.24) is 0 Å². The molecule has 1 saturated carbocycles. The lowest BCUT2D eigenvalue weighted by Gasteiger charge is -2.15. The number of rotatable bonds is 3. The summed E-state index contributed by atoms with van der Waals surface area (Å²) < 4.78 is 0.